The quantitative estimate of drug-likeness (QED) is 0.838. The highest BCUT2D eigenvalue weighted by Gasteiger charge is 2.19. The van der Waals surface area contributed by atoms with E-state index >= 15 is 0 Å². The largest absolute Gasteiger partial charge is 0.478 e. The Kier molecular flexibility index (Phi) is 5.56. The van der Waals surface area contributed by atoms with Gasteiger partial charge in [-0.2, -0.15) is 5.10 Å². The summed E-state index contributed by atoms with van der Waals surface area (Å²) in [7, 11) is 0. The van der Waals surface area contributed by atoms with E-state index in [2.05, 4.69) is 29.2 Å². The van der Waals surface area contributed by atoms with Gasteiger partial charge in [-0.1, -0.05) is 27.7 Å². The topological polar surface area (TPSA) is 97.1 Å². The zero-order valence-corrected chi connectivity index (χ0v) is 15.2. The number of aryl methyl sites for hydroxylation is 1. The van der Waals surface area contributed by atoms with Gasteiger partial charge in [-0.15, -0.1) is 0 Å². The molecule has 0 saturated carbocycles. The van der Waals surface area contributed by atoms with Gasteiger partial charge in [0.05, 0.1) is 28.8 Å². The number of hydrogen-bond donors (Lipinski definition) is 2. The zero-order chi connectivity index (χ0) is 18.7. The molecule has 0 fully saturated rings. The molecule has 2 heterocycles. The molecule has 2 aromatic rings. The Morgan fingerprint density at radius 1 is 1.24 bits per heavy atom. The third kappa shape index (κ3) is 4.23. The van der Waals surface area contributed by atoms with E-state index in [-0.39, 0.29) is 23.1 Å². The highest BCUT2D eigenvalue weighted by atomic mass is 16.4. The fourth-order valence-corrected chi connectivity index (χ4v) is 2.69. The number of aromatic carboxylic acids is 1. The first-order valence-corrected chi connectivity index (χ1v) is 8.28. The third-order valence-corrected chi connectivity index (χ3v) is 3.76. The fraction of sp³-hybridized carbons (Fsp3) is 0.444. The molecule has 25 heavy (non-hydrogen) atoms. The highest BCUT2D eigenvalue weighted by Crippen LogP contribution is 2.25. The molecule has 0 aliphatic carbocycles. The lowest BCUT2D eigenvalue weighted by Gasteiger charge is -2.15. The van der Waals surface area contributed by atoms with Gasteiger partial charge in [0, 0.05) is 6.54 Å². The number of nitrogens with one attached hydrogen (secondary N) is 1. The maximum atomic E-state index is 12.5. The van der Waals surface area contributed by atoms with Crippen LogP contribution in [-0.4, -0.2) is 31.7 Å². The number of nitrogens with zero attached hydrogens (tertiary/aromatic N) is 3. The molecule has 0 radical (unpaired) electrons. The molecule has 134 valence electrons. The Balaban J connectivity index is 2.27. The van der Waals surface area contributed by atoms with Crippen LogP contribution in [0.5, 0.6) is 0 Å². The van der Waals surface area contributed by atoms with Crippen LogP contribution >= 0.6 is 0 Å². The first-order chi connectivity index (χ1) is 11.7. The van der Waals surface area contributed by atoms with Gasteiger partial charge >= 0.3 is 5.97 Å². The molecular formula is C18H24N4O3. The van der Waals surface area contributed by atoms with Gasteiger partial charge in [-0.05, 0) is 30.9 Å². The molecule has 0 aliphatic rings. The van der Waals surface area contributed by atoms with Gasteiger partial charge < -0.3 is 10.4 Å². The Labute approximate surface area is 147 Å². The first-order valence-electron chi connectivity index (χ1n) is 8.28. The van der Waals surface area contributed by atoms with E-state index in [9.17, 15) is 9.59 Å². The second-order valence-corrected chi connectivity index (χ2v) is 6.76. The molecule has 0 spiro atoms. The number of rotatable bonds is 6. The number of anilines is 1. The Morgan fingerprint density at radius 3 is 2.44 bits per heavy atom. The van der Waals surface area contributed by atoms with Crippen molar-refractivity contribution in [2.45, 2.75) is 47.1 Å². The number of amides is 1. The van der Waals surface area contributed by atoms with E-state index in [4.69, 9.17) is 5.11 Å². The van der Waals surface area contributed by atoms with Crippen LogP contribution < -0.4 is 5.32 Å². The smallest absolute Gasteiger partial charge is 0.337 e. The van der Waals surface area contributed by atoms with E-state index in [1.54, 1.807) is 13.1 Å². The van der Waals surface area contributed by atoms with Crippen LogP contribution in [0.15, 0.2) is 18.3 Å². The van der Waals surface area contributed by atoms with Gasteiger partial charge in [0.2, 0.25) is 0 Å². The Morgan fingerprint density at radius 2 is 1.92 bits per heavy atom. The average Bonchev–Trinajstić information content (AvgIpc) is 2.88. The molecule has 2 N–H and O–H groups in total. The molecule has 0 atom stereocenters. The molecule has 2 rings (SSSR count). The molecule has 0 bridgehead atoms. The second-order valence-electron chi connectivity index (χ2n) is 6.76. The van der Waals surface area contributed by atoms with Crippen LogP contribution in [0.1, 0.15) is 65.8 Å². The number of carboxylic acids is 1. The van der Waals surface area contributed by atoms with E-state index in [0.29, 0.717) is 17.3 Å². The summed E-state index contributed by atoms with van der Waals surface area (Å²) >= 11 is 0. The van der Waals surface area contributed by atoms with E-state index < -0.39 is 5.97 Å². The number of hydrogen-bond acceptors (Lipinski definition) is 4. The molecule has 0 saturated heterocycles. The standard InChI is InChI=1S/C18H24N4O3/c1-10(2)9-22-16(11(3)4)15(8-19-22)21-17(23)14-7-6-13(18(24)25)12(5)20-14/h6-8,10-11H,9H2,1-5H3,(H,21,23)(H,24,25). The summed E-state index contributed by atoms with van der Waals surface area (Å²) in [5, 5.41) is 16.3. The Bertz CT molecular complexity index is 794. The number of pyridine rings is 1. The molecule has 2 aromatic heterocycles. The van der Waals surface area contributed by atoms with Crippen LogP contribution in [0.2, 0.25) is 0 Å². The summed E-state index contributed by atoms with van der Waals surface area (Å²) < 4.78 is 1.91. The molecule has 1 amide bonds. The minimum atomic E-state index is -1.06. The number of carboxylic acid groups (broad SMARTS) is 1. The van der Waals surface area contributed by atoms with Crippen LogP contribution in [0.25, 0.3) is 0 Å². The van der Waals surface area contributed by atoms with Crippen LogP contribution in [0.3, 0.4) is 0 Å². The molecular weight excluding hydrogens is 320 g/mol. The lowest BCUT2D eigenvalue weighted by Crippen LogP contribution is -2.17. The normalized spacial score (nSPS) is 11.2. The van der Waals surface area contributed by atoms with Gasteiger partial charge in [0.15, 0.2) is 0 Å². The van der Waals surface area contributed by atoms with Crippen molar-refractivity contribution >= 4 is 17.6 Å². The van der Waals surface area contributed by atoms with Crippen LogP contribution in [0, 0.1) is 12.8 Å². The summed E-state index contributed by atoms with van der Waals surface area (Å²) in [6, 6.07) is 2.81. The molecule has 0 unspecified atom stereocenters. The molecule has 7 nitrogen and oxygen atoms in total. The summed E-state index contributed by atoms with van der Waals surface area (Å²) in [5.41, 5.74) is 2.18. The van der Waals surface area contributed by atoms with Crippen LogP contribution in [0.4, 0.5) is 5.69 Å². The lowest BCUT2D eigenvalue weighted by molar-refractivity contribution is 0.0695. The minimum absolute atomic E-state index is 0.0872. The molecule has 0 aromatic carbocycles. The van der Waals surface area contributed by atoms with Gasteiger partial charge in [0.1, 0.15) is 5.69 Å². The summed E-state index contributed by atoms with van der Waals surface area (Å²) in [4.78, 5) is 27.6. The average molecular weight is 344 g/mol. The zero-order valence-electron chi connectivity index (χ0n) is 15.2. The van der Waals surface area contributed by atoms with E-state index in [1.165, 1.54) is 12.1 Å². The predicted molar refractivity (Wildman–Crippen MR) is 95.0 cm³/mol. The van der Waals surface area contributed by atoms with Gasteiger partial charge in [-0.25, -0.2) is 9.78 Å². The van der Waals surface area contributed by atoms with Gasteiger partial charge in [-0.3, -0.25) is 9.48 Å². The summed E-state index contributed by atoms with van der Waals surface area (Å²) in [6.07, 6.45) is 1.65. The van der Waals surface area contributed by atoms with E-state index in [1.807, 2.05) is 18.5 Å². The van der Waals surface area contributed by atoms with Crippen molar-refractivity contribution in [1.82, 2.24) is 14.8 Å². The maximum Gasteiger partial charge on any atom is 0.337 e. The minimum Gasteiger partial charge on any atom is -0.478 e. The predicted octanol–water partition coefficient (Wildman–Crippen LogP) is 3.32. The van der Waals surface area contributed by atoms with Crippen molar-refractivity contribution < 1.29 is 14.7 Å². The van der Waals surface area contributed by atoms with Crippen molar-refractivity contribution in [2.75, 3.05) is 5.32 Å². The van der Waals surface area contributed by atoms with Crippen molar-refractivity contribution in [3.05, 3.63) is 41.0 Å². The third-order valence-electron chi connectivity index (χ3n) is 3.76. The molecule has 7 heteroatoms. The van der Waals surface area contributed by atoms with Crippen molar-refractivity contribution in [3.8, 4) is 0 Å². The maximum absolute atomic E-state index is 12.5. The highest BCUT2D eigenvalue weighted by molar-refractivity contribution is 6.03. The summed E-state index contributed by atoms with van der Waals surface area (Å²) in [5.74, 6) is -0.811. The Hall–Kier alpha value is -2.70. The molecule has 0 aliphatic heterocycles. The van der Waals surface area contributed by atoms with E-state index in [0.717, 1.165) is 12.2 Å². The SMILES string of the molecule is Cc1nc(C(=O)Nc2cnn(CC(C)C)c2C(C)C)ccc1C(=O)O. The first kappa shape index (κ1) is 18.6. The number of aromatic nitrogens is 3. The monoisotopic (exact) mass is 344 g/mol. The number of carbonyl (C=O) groups is 2. The van der Waals surface area contributed by atoms with Crippen molar-refractivity contribution in [2.24, 2.45) is 5.92 Å². The lowest BCUT2D eigenvalue weighted by atomic mass is 10.1. The fourth-order valence-electron chi connectivity index (χ4n) is 2.69. The van der Waals surface area contributed by atoms with Crippen LogP contribution in [-0.2, 0) is 6.54 Å². The second kappa shape index (κ2) is 7.46. The van der Waals surface area contributed by atoms with Gasteiger partial charge in [0.25, 0.3) is 5.91 Å². The number of carbonyl (C=O) groups excluding carboxylic acids is 1. The van der Waals surface area contributed by atoms with Crippen molar-refractivity contribution in [1.29, 1.82) is 0 Å². The van der Waals surface area contributed by atoms with Crippen molar-refractivity contribution in [3.63, 3.8) is 0 Å². The summed E-state index contributed by atoms with van der Waals surface area (Å²) in [6.45, 7) is 10.7.